The smallest absolute Gasteiger partial charge is 0.339 e. The highest BCUT2D eigenvalue weighted by Crippen LogP contribution is 2.32. The third-order valence-electron chi connectivity index (χ3n) is 4.62. The molecule has 0 unspecified atom stereocenters. The fourth-order valence-electron chi connectivity index (χ4n) is 3.00. The summed E-state index contributed by atoms with van der Waals surface area (Å²) in [5.41, 5.74) is 1.06. The van der Waals surface area contributed by atoms with E-state index >= 15 is 0 Å². The first-order valence-electron chi connectivity index (χ1n) is 9.87. The number of rotatable bonds is 8. The Morgan fingerprint density at radius 3 is 2.55 bits per heavy atom. The van der Waals surface area contributed by atoms with Crippen LogP contribution >= 0.6 is 11.8 Å². The van der Waals surface area contributed by atoms with Gasteiger partial charge < -0.3 is 19.5 Å². The number of fused-ring (bicyclic) bond motifs is 1. The number of Topliss-reactive ketones (excluding diaryl/α,β-unsaturated/α-hetero) is 1. The Morgan fingerprint density at radius 1 is 0.970 bits per heavy atom. The van der Waals surface area contributed by atoms with Crippen LogP contribution in [0.1, 0.15) is 20.7 Å². The third-order valence-corrected chi connectivity index (χ3v) is 5.70. The van der Waals surface area contributed by atoms with E-state index in [9.17, 15) is 18.8 Å². The molecule has 0 saturated carbocycles. The fourth-order valence-corrected chi connectivity index (χ4v) is 3.84. The van der Waals surface area contributed by atoms with Gasteiger partial charge in [0.15, 0.2) is 23.9 Å². The normalized spacial score (nSPS) is 11.7. The number of esters is 1. The summed E-state index contributed by atoms with van der Waals surface area (Å²) in [5.74, 6) is -0.723. The van der Waals surface area contributed by atoms with Crippen molar-refractivity contribution in [3.8, 4) is 11.5 Å². The van der Waals surface area contributed by atoms with Crippen molar-refractivity contribution in [3.05, 3.63) is 83.7 Å². The first-order valence-corrected chi connectivity index (χ1v) is 10.9. The topological polar surface area (TPSA) is 90.9 Å². The molecule has 1 amide bonds. The Morgan fingerprint density at radius 2 is 1.73 bits per heavy atom. The summed E-state index contributed by atoms with van der Waals surface area (Å²) in [6.07, 6.45) is 0. The number of benzene rings is 3. The van der Waals surface area contributed by atoms with Crippen molar-refractivity contribution < 1.29 is 33.0 Å². The van der Waals surface area contributed by atoms with E-state index in [1.54, 1.807) is 42.5 Å². The molecule has 1 aliphatic rings. The van der Waals surface area contributed by atoms with Crippen LogP contribution in [0.15, 0.2) is 71.6 Å². The average Bonchev–Trinajstić information content (AvgIpc) is 3.30. The largest absolute Gasteiger partial charge is 0.454 e. The molecular weight excluding hydrogens is 449 g/mol. The van der Waals surface area contributed by atoms with E-state index in [0.717, 1.165) is 11.8 Å². The zero-order chi connectivity index (χ0) is 23.2. The number of ketones is 1. The summed E-state index contributed by atoms with van der Waals surface area (Å²) >= 11 is 1.15. The lowest BCUT2D eigenvalue weighted by atomic mass is 10.1. The lowest BCUT2D eigenvalue weighted by Gasteiger charge is -2.10. The van der Waals surface area contributed by atoms with Gasteiger partial charge in [-0.3, -0.25) is 9.59 Å². The number of carbonyl (C=O) groups excluding carboxylic acids is 3. The second-order valence-electron chi connectivity index (χ2n) is 6.91. The molecule has 3 aromatic carbocycles. The van der Waals surface area contributed by atoms with E-state index in [4.69, 9.17) is 14.2 Å². The van der Waals surface area contributed by atoms with Gasteiger partial charge in [0.1, 0.15) is 5.82 Å². The molecule has 0 fully saturated rings. The van der Waals surface area contributed by atoms with Crippen molar-refractivity contribution in [3.63, 3.8) is 0 Å². The van der Waals surface area contributed by atoms with Crippen LogP contribution in [0.4, 0.5) is 10.1 Å². The van der Waals surface area contributed by atoms with Gasteiger partial charge in [0.05, 0.1) is 11.3 Å². The van der Waals surface area contributed by atoms with Crippen molar-refractivity contribution in [1.82, 2.24) is 0 Å². The predicted octanol–water partition coefficient (Wildman–Crippen LogP) is 4.32. The molecule has 0 radical (unpaired) electrons. The molecule has 0 aliphatic carbocycles. The highest BCUT2D eigenvalue weighted by molar-refractivity contribution is 8.00. The van der Waals surface area contributed by atoms with E-state index in [0.29, 0.717) is 27.6 Å². The molecule has 7 nitrogen and oxygen atoms in total. The number of hydrogen-bond donors (Lipinski definition) is 1. The highest BCUT2D eigenvalue weighted by Gasteiger charge is 2.19. The lowest BCUT2D eigenvalue weighted by molar-refractivity contribution is -0.113. The Kier molecular flexibility index (Phi) is 6.89. The van der Waals surface area contributed by atoms with Gasteiger partial charge in [0.25, 0.3) is 0 Å². The molecule has 1 heterocycles. The monoisotopic (exact) mass is 467 g/mol. The van der Waals surface area contributed by atoms with Crippen LogP contribution in [-0.2, 0) is 9.53 Å². The number of carbonyl (C=O) groups is 3. The number of anilines is 1. The number of thioether (sulfide) groups is 1. The van der Waals surface area contributed by atoms with Crippen molar-refractivity contribution in [2.24, 2.45) is 0 Å². The molecule has 0 atom stereocenters. The standard InChI is InChI=1S/C24H18FNO6S/c25-16-6-8-17(9-7-16)26-23(28)13-33-22-4-2-1-3-18(22)24(29)30-12-19(27)15-5-10-20-21(11-15)32-14-31-20/h1-11H,12-14H2,(H,26,28). The predicted molar refractivity (Wildman–Crippen MR) is 119 cm³/mol. The van der Waals surface area contributed by atoms with Gasteiger partial charge in [-0.15, -0.1) is 11.8 Å². The van der Waals surface area contributed by atoms with Crippen LogP contribution in [0.3, 0.4) is 0 Å². The molecule has 3 aromatic rings. The van der Waals surface area contributed by atoms with Gasteiger partial charge in [-0.05, 0) is 54.6 Å². The fraction of sp³-hybridized carbons (Fsp3) is 0.125. The summed E-state index contributed by atoms with van der Waals surface area (Å²) in [4.78, 5) is 37.7. The number of nitrogens with one attached hydrogen (secondary N) is 1. The van der Waals surface area contributed by atoms with Gasteiger partial charge in [-0.25, -0.2) is 9.18 Å². The molecule has 4 rings (SSSR count). The molecule has 1 aliphatic heterocycles. The maximum atomic E-state index is 13.0. The maximum absolute atomic E-state index is 13.0. The van der Waals surface area contributed by atoms with E-state index < -0.39 is 18.4 Å². The third kappa shape index (κ3) is 5.69. The van der Waals surface area contributed by atoms with E-state index in [2.05, 4.69) is 5.32 Å². The van der Waals surface area contributed by atoms with E-state index in [1.807, 2.05) is 0 Å². The number of amides is 1. The lowest BCUT2D eigenvalue weighted by Crippen LogP contribution is -2.16. The number of ether oxygens (including phenoxy) is 3. The summed E-state index contributed by atoms with van der Waals surface area (Å²) in [6.45, 7) is -0.346. The van der Waals surface area contributed by atoms with Gasteiger partial charge >= 0.3 is 5.97 Å². The van der Waals surface area contributed by atoms with Crippen molar-refractivity contribution >= 4 is 35.1 Å². The Balaban J connectivity index is 1.33. The minimum Gasteiger partial charge on any atom is -0.454 e. The molecule has 33 heavy (non-hydrogen) atoms. The zero-order valence-corrected chi connectivity index (χ0v) is 18.0. The highest BCUT2D eigenvalue weighted by atomic mass is 32.2. The van der Waals surface area contributed by atoms with Crippen LogP contribution in [-0.4, -0.2) is 36.8 Å². The molecule has 1 N–H and O–H groups in total. The minimum atomic E-state index is -0.675. The van der Waals surface area contributed by atoms with Gasteiger partial charge in [0.2, 0.25) is 12.7 Å². The Labute approximate surface area is 192 Å². The van der Waals surface area contributed by atoms with Crippen LogP contribution in [0.2, 0.25) is 0 Å². The van der Waals surface area contributed by atoms with Gasteiger partial charge in [-0.1, -0.05) is 12.1 Å². The van der Waals surface area contributed by atoms with E-state index in [-0.39, 0.29) is 29.8 Å². The second-order valence-corrected chi connectivity index (χ2v) is 7.92. The molecule has 0 saturated heterocycles. The maximum Gasteiger partial charge on any atom is 0.339 e. The van der Waals surface area contributed by atoms with Crippen molar-refractivity contribution in [1.29, 1.82) is 0 Å². The molecular formula is C24H18FNO6S. The van der Waals surface area contributed by atoms with Crippen LogP contribution in [0, 0.1) is 5.82 Å². The SMILES string of the molecule is O=C(CSc1ccccc1C(=O)OCC(=O)c1ccc2c(c1)OCO2)Nc1ccc(F)cc1. The van der Waals surface area contributed by atoms with Crippen molar-refractivity contribution in [2.45, 2.75) is 4.90 Å². The zero-order valence-electron chi connectivity index (χ0n) is 17.2. The van der Waals surface area contributed by atoms with Crippen LogP contribution in [0.5, 0.6) is 11.5 Å². The summed E-state index contributed by atoms with van der Waals surface area (Å²) in [5, 5.41) is 2.66. The van der Waals surface area contributed by atoms with Gasteiger partial charge in [0, 0.05) is 16.1 Å². The first-order chi connectivity index (χ1) is 16.0. The Hall–Kier alpha value is -3.85. The molecule has 0 spiro atoms. The summed E-state index contributed by atoms with van der Waals surface area (Å²) < 4.78 is 28.7. The summed E-state index contributed by atoms with van der Waals surface area (Å²) in [7, 11) is 0. The van der Waals surface area contributed by atoms with Gasteiger partial charge in [-0.2, -0.15) is 0 Å². The quantitative estimate of drug-likeness (QED) is 0.300. The second kappa shape index (κ2) is 10.2. The van der Waals surface area contributed by atoms with Crippen LogP contribution < -0.4 is 14.8 Å². The summed E-state index contributed by atoms with van der Waals surface area (Å²) in [6, 6.07) is 16.8. The average molecular weight is 467 g/mol. The molecule has 9 heteroatoms. The first kappa shape index (κ1) is 22.3. The Bertz CT molecular complexity index is 1200. The number of hydrogen-bond acceptors (Lipinski definition) is 7. The van der Waals surface area contributed by atoms with Crippen LogP contribution in [0.25, 0.3) is 0 Å². The molecule has 168 valence electrons. The number of halogens is 1. The minimum absolute atomic E-state index is 0.0256. The molecule has 0 aromatic heterocycles. The van der Waals surface area contributed by atoms with Crippen molar-refractivity contribution in [2.75, 3.05) is 24.5 Å². The van der Waals surface area contributed by atoms with E-state index in [1.165, 1.54) is 24.3 Å². The molecule has 0 bridgehead atoms.